The fraction of sp³-hybridized carbons (Fsp3) is 0.786. The SMILES string of the molecule is CCOC(=O)CC1CC(=O)CC(CC(=O)OCC)C1. The Morgan fingerprint density at radius 2 is 1.42 bits per heavy atom. The Hall–Kier alpha value is -1.39. The van der Waals surface area contributed by atoms with Gasteiger partial charge in [0.15, 0.2) is 0 Å². The van der Waals surface area contributed by atoms with Crippen molar-refractivity contribution in [1.29, 1.82) is 0 Å². The molecule has 2 atom stereocenters. The van der Waals surface area contributed by atoms with Crippen molar-refractivity contribution in [2.75, 3.05) is 13.2 Å². The highest BCUT2D eigenvalue weighted by atomic mass is 16.5. The minimum absolute atomic E-state index is 0.000253. The third-order valence-corrected chi connectivity index (χ3v) is 3.22. The van der Waals surface area contributed by atoms with E-state index in [9.17, 15) is 14.4 Å². The van der Waals surface area contributed by atoms with Gasteiger partial charge in [0.05, 0.1) is 13.2 Å². The van der Waals surface area contributed by atoms with E-state index in [1.54, 1.807) is 13.8 Å². The Balaban J connectivity index is 2.45. The lowest BCUT2D eigenvalue weighted by atomic mass is 9.78. The third-order valence-electron chi connectivity index (χ3n) is 3.22. The fourth-order valence-corrected chi connectivity index (χ4v) is 2.59. The molecule has 1 rings (SSSR count). The number of carbonyl (C=O) groups excluding carboxylic acids is 3. The number of ketones is 1. The third kappa shape index (κ3) is 5.85. The van der Waals surface area contributed by atoms with Gasteiger partial charge in [-0.2, -0.15) is 0 Å². The highest BCUT2D eigenvalue weighted by Gasteiger charge is 2.30. The normalized spacial score (nSPS) is 22.9. The summed E-state index contributed by atoms with van der Waals surface area (Å²) in [4.78, 5) is 34.5. The smallest absolute Gasteiger partial charge is 0.306 e. The van der Waals surface area contributed by atoms with Gasteiger partial charge in [0.25, 0.3) is 0 Å². The monoisotopic (exact) mass is 270 g/mol. The number of ether oxygens (including phenoxy) is 2. The molecular weight excluding hydrogens is 248 g/mol. The van der Waals surface area contributed by atoms with Crippen LogP contribution >= 0.6 is 0 Å². The first-order chi connectivity index (χ1) is 9.05. The molecule has 0 aromatic rings. The van der Waals surface area contributed by atoms with Crippen LogP contribution in [0.15, 0.2) is 0 Å². The molecule has 19 heavy (non-hydrogen) atoms. The summed E-state index contributed by atoms with van der Waals surface area (Å²) in [5.74, 6) is -0.413. The summed E-state index contributed by atoms with van der Waals surface area (Å²) < 4.78 is 9.79. The Kier molecular flexibility index (Phi) is 6.53. The van der Waals surface area contributed by atoms with E-state index in [4.69, 9.17) is 9.47 Å². The van der Waals surface area contributed by atoms with E-state index >= 15 is 0 Å². The molecule has 1 aliphatic rings. The maximum Gasteiger partial charge on any atom is 0.306 e. The molecule has 0 aromatic heterocycles. The van der Waals surface area contributed by atoms with Crippen molar-refractivity contribution >= 4 is 17.7 Å². The molecule has 0 bridgehead atoms. The molecule has 0 N–H and O–H groups in total. The fourth-order valence-electron chi connectivity index (χ4n) is 2.59. The lowest BCUT2D eigenvalue weighted by Crippen LogP contribution is -2.27. The molecule has 0 amide bonds. The van der Waals surface area contributed by atoms with Gasteiger partial charge in [0, 0.05) is 25.7 Å². The molecule has 0 aliphatic heterocycles. The van der Waals surface area contributed by atoms with E-state index < -0.39 is 0 Å². The van der Waals surface area contributed by atoms with E-state index in [1.165, 1.54) is 0 Å². The summed E-state index contributed by atoms with van der Waals surface area (Å²) in [7, 11) is 0. The van der Waals surface area contributed by atoms with Crippen LogP contribution in [0.2, 0.25) is 0 Å². The van der Waals surface area contributed by atoms with Gasteiger partial charge >= 0.3 is 11.9 Å². The Labute approximate surface area is 113 Å². The maximum absolute atomic E-state index is 11.7. The van der Waals surface area contributed by atoms with Crippen molar-refractivity contribution in [3.05, 3.63) is 0 Å². The predicted molar refractivity (Wildman–Crippen MR) is 68.3 cm³/mol. The number of esters is 2. The molecule has 1 aliphatic carbocycles. The van der Waals surface area contributed by atoms with Gasteiger partial charge in [-0.15, -0.1) is 0 Å². The minimum atomic E-state index is -0.267. The summed E-state index contributed by atoms with van der Waals surface area (Å²) >= 11 is 0. The van der Waals surface area contributed by atoms with Crippen LogP contribution in [0.5, 0.6) is 0 Å². The van der Waals surface area contributed by atoms with Crippen LogP contribution in [0, 0.1) is 11.8 Å². The van der Waals surface area contributed by atoms with Gasteiger partial charge in [-0.3, -0.25) is 14.4 Å². The molecule has 0 heterocycles. The van der Waals surface area contributed by atoms with Gasteiger partial charge in [-0.25, -0.2) is 0 Å². The number of hydrogen-bond donors (Lipinski definition) is 0. The van der Waals surface area contributed by atoms with Crippen LogP contribution in [0.25, 0.3) is 0 Å². The molecule has 0 spiro atoms. The van der Waals surface area contributed by atoms with Crippen molar-refractivity contribution in [2.45, 2.75) is 46.0 Å². The van der Waals surface area contributed by atoms with Crippen LogP contribution in [-0.2, 0) is 23.9 Å². The lowest BCUT2D eigenvalue weighted by Gasteiger charge is -2.27. The average Bonchev–Trinajstić information content (AvgIpc) is 2.28. The highest BCUT2D eigenvalue weighted by Crippen LogP contribution is 2.31. The lowest BCUT2D eigenvalue weighted by molar-refractivity contribution is -0.145. The molecule has 0 aromatic carbocycles. The first kappa shape index (κ1) is 15.7. The zero-order valence-electron chi connectivity index (χ0n) is 11.6. The molecular formula is C14H22O5. The van der Waals surface area contributed by atoms with Gasteiger partial charge in [0.1, 0.15) is 5.78 Å². The Morgan fingerprint density at radius 1 is 1.00 bits per heavy atom. The van der Waals surface area contributed by atoms with Crippen LogP contribution in [0.3, 0.4) is 0 Å². The molecule has 1 saturated carbocycles. The van der Waals surface area contributed by atoms with Crippen LogP contribution in [0.4, 0.5) is 0 Å². The molecule has 5 heteroatoms. The van der Waals surface area contributed by atoms with Crippen molar-refractivity contribution in [3.63, 3.8) is 0 Å². The van der Waals surface area contributed by atoms with Crippen molar-refractivity contribution in [3.8, 4) is 0 Å². The van der Waals surface area contributed by atoms with Gasteiger partial charge < -0.3 is 9.47 Å². The highest BCUT2D eigenvalue weighted by molar-refractivity contribution is 5.81. The second-order valence-electron chi connectivity index (χ2n) is 4.93. The molecule has 5 nitrogen and oxygen atoms in total. The van der Waals surface area contributed by atoms with E-state index in [1.807, 2.05) is 0 Å². The van der Waals surface area contributed by atoms with Crippen LogP contribution < -0.4 is 0 Å². The summed E-state index contributed by atoms with van der Waals surface area (Å²) in [6, 6.07) is 0. The Bertz CT molecular complexity index is 307. The van der Waals surface area contributed by atoms with Crippen LogP contribution in [-0.4, -0.2) is 30.9 Å². The van der Waals surface area contributed by atoms with Crippen molar-refractivity contribution in [1.82, 2.24) is 0 Å². The predicted octanol–water partition coefficient (Wildman–Crippen LogP) is 1.88. The number of rotatable bonds is 6. The number of carbonyl (C=O) groups is 3. The average molecular weight is 270 g/mol. The first-order valence-electron chi connectivity index (χ1n) is 6.88. The number of hydrogen-bond acceptors (Lipinski definition) is 5. The molecule has 0 saturated heterocycles. The van der Waals surface area contributed by atoms with Crippen molar-refractivity contribution < 1.29 is 23.9 Å². The summed E-state index contributed by atoms with van der Waals surface area (Å²) in [5.41, 5.74) is 0. The maximum atomic E-state index is 11.7. The topological polar surface area (TPSA) is 69.7 Å². The van der Waals surface area contributed by atoms with Gasteiger partial charge in [0.2, 0.25) is 0 Å². The second kappa shape index (κ2) is 7.92. The molecule has 2 unspecified atom stereocenters. The molecule has 1 fully saturated rings. The zero-order chi connectivity index (χ0) is 14.3. The number of Topliss-reactive ketones (excluding diaryl/α,β-unsaturated/α-hetero) is 1. The van der Waals surface area contributed by atoms with Gasteiger partial charge in [-0.05, 0) is 32.1 Å². The van der Waals surface area contributed by atoms with Gasteiger partial charge in [-0.1, -0.05) is 0 Å². The van der Waals surface area contributed by atoms with E-state index in [-0.39, 0.29) is 42.4 Å². The second-order valence-corrected chi connectivity index (χ2v) is 4.93. The molecule has 0 radical (unpaired) electrons. The largest absolute Gasteiger partial charge is 0.466 e. The van der Waals surface area contributed by atoms with Crippen LogP contribution in [0.1, 0.15) is 46.0 Å². The summed E-state index contributed by atoms with van der Waals surface area (Å²) in [6.07, 6.45) is 2.07. The quantitative estimate of drug-likeness (QED) is 0.689. The standard InChI is InChI=1S/C14H22O5/c1-3-18-13(16)8-10-5-11(7-12(15)6-10)9-14(17)19-4-2/h10-11H,3-9H2,1-2H3. The summed E-state index contributed by atoms with van der Waals surface area (Å²) in [5, 5.41) is 0. The minimum Gasteiger partial charge on any atom is -0.466 e. The van der Waals surface area contributed by atoms with Crippen molar-refractivity contribution in [2.24, 2.45) is 11.8 Å². The summed E-state index contributed by atoms with van der Waals surface area (Å²) in [6.45, 7) is 4.22. The van der Waals surface area contributed by atoms with E-state index in [0.29, 0.717) is 32.5 Å². The Morgan fingerprint density at radius 3 is 1.79 bits per heavy atom. The zero-order valence-corrected chi connectivity index (χ0v) is 11.6. The first-order valence-corrected chi connectivity index (χ1v) is 6.88. The van der Waals surface area contributed by atoms with E-state index in [2.05, 4.69) is 0 Å². The molecule has 108 valence electrons. The van der Waals surface area contributed by atoms with E-state index in [0.717, 1.165) is 0 Å².